The van der Waals surface area contributed by atoms with E-state index in [1.54, 1.807) is 30.3 Å². The van der Waals surface area contributed by atoms with Gasteiger partial charge in [-0.1, -0.05) is 66.4 Å². The minimum Gasteiger partial charge on any atom is -0.507 e. The number of Topliss-reactive ketones (excluding diaryl/α,β-unsaturated/α-hetero) is 1. The van der Waals surface area contributed by atoms with E-state index < -0.39 is 17.7 Å². The third-order valence-corrected chi connectivity index (χ3v) is 9.59. The van der Waals surface area contributed by atoms with Crippen molar-refractivity contribution in [3.63, 3.8) is 0 Å². The molecule has 232 valence electrons. The van der Waals surface area contributed by atoms with Crippen molar-refractivity contribution in [2.24, 2.45) is 0 Å². The highest BCUT2D eigenvalue weighted by molar-refractivity contribution is 8.00. The third-order valence-electron chi connectivity index (χ3n) is 7.47. The number of ketones is 1. The van der Waals surface area contributed by atoms with Crippen molar-refractivity contribution in [3.05, 3.63) is 94.6 Å². The summed E-state index contributed by atoms with van der Waals surface area (Å²) in [4.78, 5) is 28.9. The second kappa shape index (κ2) is 13.3. The molecule has 45 heavy (non-hydrogen) atoms. The summed E-state index contributed by atoms with van der Waals surface area (Å²) in [5.41, 5.74) is 3.01. The highest BCUT2D eigenvalue weighted by atomic mass is 32.2. The van der Waals surface area contributed by atoms with Gasteiger partial charge in [-0.15, -0.1) is 10.2 Å². The summed E-state index contributed by atoms with van der Waals surface area (Å²) in [6, 6.07) is 19.6. The summed E-state index contributed by atoms with van der Waals surface area (Å²) in [6.45, 7) is 6.76. The molecule has 1 amide bonds. The Morgan fingerprint density at radius 2 is 1.87 bits per heavy atom. The second-order valence-corrected chi connectivity index (χ2v) is 12.9. The smallest absolute Gasteiger partial charge is 0.301 e. The van der Waals surface area contributed by atoms with Crippen LogP contribution in [-0.2, 0) is 21.8 Å². The largest absolute Gasteiger partial charge is 0.507 e. The number of hydrogen-bond donors (Lipinski definition) is 1. The summed E-state index contributed by atoms with van der Waals surface area (Å²) < 4.78 is 18.3. The number of thioether (sulfide) groups is 1. The van der Waals surface area contributed by atoms with E-state index in [1.165, 1.54) is 28.0 Å². The normalized spacial score (nSPS) is 18.6. The fourth-order valence-electron chi connectivity index (χ4n) is 5.44. The van der Waals surface area contributed by atoms with Crippen LogP contribution in [0.4, 0.5) is 5.13 Å². The lowest BCUT2D eigenvalue weighted by Crippen LogP contribution is -2.29. The van der Waals surface area contributed by atoms with Gasteiger partial charge < -0.3 is 19.3 Å². The van der Waals surface area contributed by atoms with E-state index in [0.29, 0.717) is 52.4 Å². The van der Waals surface area contributed by atoms with Crippen LogP contribution < -0.4 is 19.1 Å². The molecule has 0 bridgehead atoms. The molecule has 2 aliphatic rings. The van der Waals surface area contributed by atoms with Crippen molar-refractivity contribution in [2.75, 3.05) is 18.1 Å². The molecule has 6 rings (SSSR count). The van der Waals surface area contributed by atoms with E-state index in [9.17, 15) is 14.7 Å². The lowest BCUT2D eigenvalue weighted by Gasteiger charge is -2.23. The number of carbonyl (C=O) groups is 2. The van der Waals surface area contributed by atoms with Crippen molar-refractivity contribution >= 4 is 45.7 Å². The summed E-state index contributed by atoms with van der Waals surface area (Å²) in [6.07, 6.45) is 1.51. The average molecular weight is 644 g/mol. The van der Waals surface area contributed by atoms with Gasteiger partial charge >= 0.3 is 5.91 Å². The maximum absolute atomic E-state index is 13.8. The van der Waals surface area contributed by atoms with Crippen molar-refractivity contribution in [1.29, 1.82) is 0 Å². The molecule has 1 aromatic heterocycles. The minimum absolute atomic E-state index is 0.0137. The van der Waals surface area contributed by atoms with E-state index >= 15 is 0 Å². The number of rotatable bonds is 11. The lowest BCUT2D eigenvalue weighted by molar-refractivity contribution is -0.132. The summed E-state index contributed by atoms with van der Waals surface area (Å²) in [5.74, 6) is 0.595. The molecule has 1 fully saturated rings. The molecule has 2 atom stereocenters. The zero-order valence-electron chi connectivity index (χ0n) is 25.2. The van der Waals surface area contributed by atoms with E-state index in [2.05, 4.69) is 10.2 Å². The van der Waals surface area contributed by atoms with Crippen LogP contribution in [0.2, 0.25) is 0 Å². The van der Waals surface area contributed by atoms with Crippen LogP contribution in [0.15, 0.2) is 76.6 Å². The standard InChI is InChI=1S/C34H33N3O6S2/c1-4-15-42-26-14-11-22(18-27(26)41-5-2)29-28(30(38)23-12-13-25-24(17-23)16-20(3)43-25)31(39)32(40)37(29)33-35-36-34(45-33)44-19-21-9-7-6-8-10-21/h6-14,17-18,20,29,38H,4-5,15-16,19H2,1-3H3/b30-28+/t20-,29-/m1/s1. The summed E-state index contributed by atoms with van der Waals surface area (Å²) in [7, 11) is 0. The molecule has 3 aromatic carbocycles. The van der Waals surface area contributed by atoms with E-state index in [4.69, 9.17) is 14.2 Å². The number of ether oxygens (including phenoxy) is 3. The van der Waals surface area contributed by atoms with Gasteiger partial charge in [0.1, 0.15) is 17.6 Å². The van der Waals surface area contributed by atoms with Crippen LogP contribution in [0.5, 0.6) is 17.2 Å². The van der Waals surface area contributed by atoms with Gasteiger partial charge in [0, 0.05) is 17.7 Å². The molecule has 0 saturated carbocycles. The lowest BCUT2D eigenvalue weighted by atomic mass is 9.94. The Labute approximate surface area is 269 Å². The molecule has 0 unspecified atom stereocenters. The Bertz CT molecular complexity index is 1760. The first-order chi connectivity index (χ1) is 21.9. The first-order valence-electron chi connectivity index (χ1n) is 14.9. The van der Waals surface area contributed by atoms with E-state index in [0.717, 1.165) is 23.3 Å². The molecule has 0 spiro atoms. The fourth-order valence-corrected chi connectivity index (χ4v) is 7.27. The van der Waals surface area contributed by atoms with Crippen LogP contribution in [0, 0.1) is 0 Å². The van der Waals surface area contributed by atoms with Crippen molar-refractivity contribution in [1.82, 2.24) is 10.2 Å². The van der Waals surface area contributed by atoms with Crippen molar-refractivity contribution < 1.29 is 28.9 Å². The number of carbonyl (C=O) groups excluding carboxylic acids is 2. The number of fused-ring (bicyclic) bond motifs is 1. The second-order valence-electron chi connectivity index (χ2n) is 10.7. The van der Waals surface area contributed by atoms with E-state index in [-0.39, 0.29) is 22.6 Å². The summed E-state index contributed by atoms with van der Waals surface area (Å²) >= 11 is 2.72. The molecule has 3 heterocycles. The number of hydrogen-bond acceptors (Lipinski definition) is 10. The van der Waals surface area contributed by atoms with Gasteiger partial charge in [-0.25, -0.2) is 0 Å². The molecular formula is C34H33N3O6S2. The Morgan fingerprint density at radius 1 is 1.04 bits per heavy atom. The first-order valence-corrected chi connectivity index (χ1v) is 16.7. The van der Waals surface area contributed by atoms with Gasteiger partial charge in [-0.05, 0) is 67.3 Å². The number of aliphatic hydroxyl groups excluding tert-OH is 1. The van der Waals surface area contributed by atoms with Gasteiger partial charge in [0.25, 0.3) is 5.78 Å². The third kappa shape index (κ3) is 6.27. The SMILES string of the molecule is CCCOc1ccc([C@@H]2/C(=C(\O)c3ccc4c(c3)C[C@@H](C)O4)C(=O)C(=O)N2c2nnc(SCc3ccccc3)s2)cc1OCC. The Hall–Kier alpha value is -4.35. The van der Waals surface area contributed by atoms with Crippen molar-refractivity contribution in [3.8, 4) is 17.2 Å². The number of benzene rings is 3. The predicted octanol–water partition coefficient (Wildman–Crippen LogP) is 6.97. The van der Waals surface area contributed by atoms with Gasteiger partial charge in [0.05, 0.1) is 24.8 Å². The van der Waals surface area contributed by atoms with E-state index in [1.807, 2.05) is 57.2 Å². The number of amides is 1. The zero-order chi connectivity index (χ0) is 31.5. The molecule has 0 aliphatic carbocycles. The Balaban J connectivity index is 1.43. The maximum Gasteiger partial charge on any atom is 0.301 e. The van der Waals surface area contributed by atoms with Gasteiger partial charge in [-0.3, -0.25) is 14.5 Å². The number of anilines is 1. The molecule has 1 saturated heterocycles. The van der Waals surface area contributed by atoms with Crippen LogP contribution in [0.1, 0.15) is 55.5 Å². The topological polar surface area (TPSA) is 111 Å². The highest BCUT2D eigenvalue weighted by Crippen LogP contribution is 2.46. The number of nitrogens with zero attached hydrogens (tertiary/aromatic N) is 3. The molecule has 11 heteroatoms. The van der Waals surface area contributed by atoms with Crippen LogP contribution >= 0.6 is 23.1 Å². The average Bonchev–Trinajstić information content (AvgIpc) is 3.74. The summed E-state index contributed by atoms with van der Waals surface area (Å²) in [5, 5.41) is 20.6. The number of aliphatic hydroxyl groups is 1. The molecule has 2 aliphatic heterocycles. The van der Waals surface area contributed by atoms with Crippen LogP contribution in [0.25, 0.3) is 5.76 Å². The fraction of sp³-hybridized carbons (Fsp3) is 0.294. The molecule has 0 radical (unpaired) electrons. The predicted molar refractivity (Wildman–Crippen MR) is 174 cm³/mol. The maximum atomic E-state index is 13.8. The molecular weight excluding hydrogens is 611 g/mol. The van der Waals surface area contributed by atoms with Crippen LogP contribution in [0.3, 0.4) is 0 Å². The Morgan fingerprint density at radius 3 is 2.64 bits per heavy atom. The molecule has 4 aromatic rings. The monoisotopic (exact) mass is 643 g/mol. The molecule has 1 N–H and O–H groups in total. The highest BCUT2D eigenvalue weighted by Gasteiger charge is 2.48. The first kappa shape index (κ1) is 30.7. The van der Waals surface area contributed by atoms with Crippen molar-refractivity contribution in [2.45, 2.75) is 55.9 Å². The quantitative estimate of drug-likeness (QED) is 0.0609. The Kier molecular flexibility index (Phi) is 9.09. The number of aromatic nitrogens is 2. The zero-order valence-corrected chi connectivity index (χ0v) is 26.8. The van der Waals surface area contributed by atoms with Crippen LogP contribution in [-0.4, -0.2) is 46.3 Å². The van der Waals surface area contributed by atoms with Gasteiger partial charge in [0.15, 0.2) is 15.8 Å². The van der Waals surface area contributed by atoms with Gasteiger partial charge in [-0.2, -0.15) is 0 Å². The van der Waals surface area contributed by atoms with Gasteiger partial charge in [0.2, 0.25) is 5.13 Å². The molecule has 9 nitrogen and oxygen atoms in total. The minimum atomic E-state index is -0.979.